The monoisotopic (exact) mass is 217 g/mol. The zero-order chi connectivity index (χ0) is 11.5. The predicted octanol–water partition coefficient (Wildman–Crippen LogP) is 2.07. The Labute approximate surface area is 93.1 Å². The van der Waals surface area contributed by atoms with E-state index in [1.54, 1.807) is 6.07 Å². The summed E-state index contributed by atoms with van der Waals surface area (Å²) in [6.07, 6.45) is 2.24. The molecular weight excluding hydrogens is 206 g/mol. The van der Waals surface area contributed by atoms with Crippen LogP contribution in [0.1, 0.15) is 18.4 Å². The van der Waals surface area contributed by atoms with Crippen molar-refractivity contribution in [2.75, 3.05) is 18.0 Å². The zero-order valence-corrected chi connectivity index (χ0v) is 8.72. The van der Waals surface area contributed by atoms with Crippen molar-refractivity contribution in [2.24, 2.45) is 0 Å². The quantitative estimate of drug-likeness (QED) is 0.561. The molecular formula is C11H11N3O2. The van der Waals surface area contributed by atoms with Crippen LogP contribution in [0.3, 0.4) is 0 Å². The van der Waals surface area contributed by atoms with Gasteiger partial charge in [0.15, 0.2) is 0 Å². The highest BCUT2D eigenvalue weighted by atomic mass is 16.6. The average Bonchev–Trinajstić information content (AvgIpc) is 2.81. The van der Waals surface area contributed by atoms with E-state index in [4.69, 9.17) is 5.26 Å². The minimum atomic E-state index is -0.502. The van der Waals surface area contributed by atoms with E-state index in [-0.39, 0.29) is 11.3 Å². The number of rotatable bonds is 2. The topological polar surface area (TPSA) is 70.2 Å². The molecule has 5 heteroatoms. The Morgan fingerprint density at radius 1 is 1.38 bits per heavy atom. The SMILES string of the molecule is N#Cc1ccc(N2CCCC2)cc1[N+](=O)[O-]. The van der Waals surface area contributed by atoms with Crippen LogP contribution in [0.5, 0.6) is 0 Å². The van der Waals surface area contributed by atoms with Gasteiger partial charge in [0.1, 0.15) is 11.6 Å². The van der Waals surface area contributed by atoms with E-state index < -0.39 is 4.92 Å². The van der Waals surface area contributed by atoms with E-state index in [0.717, 1.165) is 31.6 Å². The zero-order valence-electron chi connectivity index (χ0n) is 8.72. The molecule has 0 amide bonds. The predicted molar refractivity (Wildman–Crippen MR) is 59.3 cm³/mol. The molecule has 1 fully saturated rings. The third-order valence-electron chi connectivity index (χ3n) is 2.77. The Hall–Kier alpha value is -2.09. The smallest absolute Gasteiger partial charge is 0.289 e. The van der Waals surface area contributed by atoms with E-state index in [0.29, 0.717) is 0 Å². The normalized spacial score (nSPS) is 14.8. The highest BCUT2D eigenvalue weighted by Crippen LogP contribution is 2.27. The van der Waals surface area contributed by atoms with Crippen molar-refractivity contribution in [1.29, 1.82) is 5.26 Å². The van der Waals surface area contributed by atoms with Gasteiger partial charge in [0.2, 0.25) is 0 Å². The van der Waals surface area contributed by atoms with Gasteiger partial charge in [-0.05, 0) is 25.0 Å². The first-order valence-corrected chi connectivity index (χ1v) is 5.16. The first kappa shape index (κ1) is 10.4. The summed E-state index contributed by atoms with van der Waals surface area (Å²) in [6, 6.07) is 6.62. The molecule has 0 atom stereocenters. The molecule has 0 radical (unpaired) electrons. The van der Waals surface area contributed by atoms with Crippen molar-refractivity contribution >= 4 is 11.4 Å². The Kier molecular flexibility index (Phi) is 2.73. The number of hydrogen-bond acceptors (Lipinski definition) is 4. The molecule has 1 heterocycles. The summed E-state index contributed by atoms with van der Waals surface area (Å²) in [7, 11) is 0. The number of nitro groups is 1. The molecule has 0 unspecified atom stereocenters. The average molecular weight is 217 g/mol. The lowest BCUT2D eigenvalue weighted by molar-refractivity contribution is -0.385. The molecule has 0 aliphatic carbocycles. The van der Waals surface area contributed by atoms with E-state index in [1.807, 2.05) is 6.07 Å². The van der Waals surface area contributed by atoms with Crippen molar-refractivity contribution < 1.29 is 4.92 Å². The lowest BCUT2D eigenvalue weighted by atomic mass is 10.1. The minimum absolute atomic E-state index is 0.105. The number of nitriles is 1. The van der Waals surface area contributed by atoms with E-state index in [1.165, 1.54) is 12.1 Å². The number of nitro benzene ring substituents is 1. The second-order valence-corrected chi connectivity index (χ2v) is 3.76. The van der Waals surface area contributed by atoms with Crippen molar-refractivity contribution in [2.45, 2.75) is 12.8 Å². The Bertz CT molecular complexity index is 459. The van der Waals surface area contributed by atoms with Gasteiger partial charge in [-0.25, -0.2) is 0 Å². The maximum atomic E-state index is 10.8. The lowest BCUT2D eigenvalue weighted by Gasteiger charge is -2.17. The van der Waals surface area contributed by atoms with Gasteiger partial charge in [0.25, 0.3) is 5.69 Å². The molecule has 1 aromatic rings. The van der Waals surface area contributed by atoms with Crippen LogP contribution in [-0.2, 0) is 0 Å². The van der Waals surface area contributed by atoms with Gasteiger partial charge in [0, 0.05) is 24.8 Å². The minimum Gasteiger partial charge on any atom is -0.371 e. The molecule has 82 valence electrons. The highest BCUT2D eigenvalue weighted by Gasteiger charge is 2.18. The van der Waals surface area contributed by atoms with Crippen LogP contribution in [-0.4, -0.2) is 18.0 Å². The molecule has 2 rings (SSSR count). The number of hydrogen-bond donors (Lipinski definition) is 0. The van der Waals surface area contributed by atoms with Crippen LogP contribution in [0, 0.1) is 21.4 Å². The molecule has 0 aromatic heterocycles. The third-order valence-corrected chi connectivity index (χ3v) is 2.77. The van der Waals surface area contributed by atoms with E-state index in [2.05, 4.69) is 4.90 Å². The summed E-state index contributed by atoms with van der Waals surface area (Å²) in [5.74, 6) is 0. The molecule has 5 nitrogen and oxygen atoms in total. The largest absolute Gasteiger partial charge is 0.371 e. The molecule has 1 aromatic carbocycles. The first-order chi connectivity index (χ1) is 7.72. The number of nitrogens with zero attached hydrogens (tertiary/aromatic N) is 3. The van der Waals surface area contributed by atoms with Gasteiger partial charge in [-0.2, -0.15) is 5.26 Å². The van der Waals surface area contributed by atoms with Gasteiger partial charge in [0.05, 0.1) is 4.92 Å². The summed E-state index contributed by atoms with van der Waals surface area (Å²) in [6.45, 7) is 1.87. The van der Waals surface area contributed by atoms with Crippen LogP contribution in [0.2, 0.25) is 0 Å². The van der Waals surface area contributed by atoms with Crippen LogP contribution in [0.4, 0.5) is 11.4 Å². The van der Waals surface area contributed by atoms with Gasteiger partial charge in [-0.3, -0.25) is 10.1 Å². The number of anilines is 1. The first-order valence-electron chi connectivity index (χ1n) is 5.16. The Morgan fingerprint density at radius 2 is 2.06 bits per heavy atom. The lowest BCUT2D eigenvalue weighted by Crippen LogP contribution is -2.17. The molecule has 0 N–H and O–H groups in total. The fourth-order valence-electron chi connectivity index (χ4n) is 1.94. The standard InChI is InChI=1S/C11H11N3O2/c12-8-9-3-4-10(7-11(9)14(15)16)13-5-1-2-6-13/h3-4,7H,1-2,5-6H2. The molecule has 0 saturated carbocycles. The summed E-state index contributed by atoms with van der Waals surface area (Å²) in [5.41, 5.74) is 0.850. The van der Waals surface area contributed by atoms with Crippen LogP contribution < -0.4 is 4.90 Å². The maximum Gasteiger partial charge on any atom is 0.289 e. The fourth-order valence-corrected chi connectivity index (χ4v) is 1.94. The van der Waals surface area contributed by atoms with Crippen molar-refractivity contribution in [3.05, 3.63) is 33.9 Å². The summed E-state index contributed by atoms with van der Waals surface area (Å²) in [4.78, 5) is 12.4. The maximum absolute atomic E-state index is 10.8. The van der Waals surface area contributed by atoms with Gasteiger partial charge < -0.3 is 4.90 Å². The van der Waals surface area contributed by atoms with Crippen molar-refractivity contribution in [3.63, 3.8) is 0 Å². The molecule has 0 spiro atoms. The van der Waals surface area contributed by atoms with Crippen molar-refractivity contribution in [1.82, 2.24) is 0 Å². The molecule has 1 aliphatic heterocycles. The van der Waals surface area contributed by atoms with E-state index >= 15 is 0 Å². The van der Waals surface area contributed by atoms with Crippen molar-refractivity contribution in [3.8, 4) is 6.07 Å². The summed E-state index contributed by atoms with van der Waals surface area (Å²) >= 11 is 0. The second-order valence-electron chi connectivity index (χ2n) is 3.76. The third kappa shape index (κ3) is 1.82. The Balaban J connectivity index is 2.39. The van der Waals surface area contributed by atoms with Crippen LogP contribution in [0.15, 0.2) is 18.2 Å². The van der Waals surface area contributed by atoms with Gasteiger partial charge in [-0.1, -0.05) is 0 Å². The van der Waals surface area contributed by atoms with Crippen LogP contribution >= 0.6 is 0 Å². The second kappa shape index (κ2) is 4.19. The Morgan fingerprint density at radius 3 is 2.62 bits per heavy atom. The molecule has 1 aliphatic rings. The fraction of sp³-hybridized carbons (Fsp3) is 0.364. The molecule has 0 bridgehead atoms. The summed E-state index contributed by atoms with van der Waals surface area (Å²) < 4.78 is 0. The van der Waals surface area contributed by atoms with E-state index in [9.17, 15) is 10.1 Å². The highest BCUT2D eigenvalue weighted by molar-refractivity contribution is 5.60. The van der Waals surface area contributed by atoms with Gasteiger partial charge >= 0.3 is 0 Å². The number of benzene rings is 1. The molecule has 16 heavy (non-hydrogen) atoms. The summed E-state index contributed by atoms with van der Waals surface area (Å²) in [5, 5.41) is 19.5. The van der Waals surface area contributed by atoms with Crippen LogP contribution in [0.25, 0.3) is 0 Å². The molecule has 1 saturated heterocycles. The van der Waals surface area contributed by atoms with Gasteiger partial charge in [-0.15, -0.1) is 0 Å².